The quantitative estimate of drug-likeness (QED) is 0.0396. The zero-order chi connectivity index (χ0) is 51.4. The monoisotopic (exact) mass is 953 g/mol. The number of carboxylic acids is 2. The Morgan fingerprint density at radius 1 is 0.853 bits per heavy atom. The molecule has 1 aromatic rings. The van der Waals surface area contributed by atoms with Gasteiger partial charge in [-0.3, -0.25) is 38.6 Å². The fraction of sp³-hybridized carbons (Fsp3) is 0.522. The molecule has 12 N–H and O–H groups in total. The fourth-order valence-electron chi connectivity index (χ4n) is 6.89. The van der Waals surface area contributed by atoms with E-state index in [1.807, 2.05) is 43.3 Å². The minimum absolute atomic E-state index is 0.0158. The van der Waals surface area contributed by atoms with E-state index in [-0.39, 0.29) is 37.4 Å². The molecule has 0 unspecified atom stereocenters. The summed E-state index contributed by atoms with van der Waals surface area (Å²) in [5.41, 5.74) is 12.2. The van der Waals surface area contributed by atoms with Gasteiger partial charge in [0.2, 0.25) is 35.4 Å². The number of benzene rings is 1. The van der Waals surface area contributed by atoms with Gasteiger partial charge in [-0.05, 0) is 52.0 Å². The zero-order valence-corrected chi connectivity index (χ0v) is 39.9. The predicted octanol–water partition coefficient (Wildman–Crippen LogP) is -0.408. The van der Waals surface area contributed by atoms with Gasteiger partial charge >= 0.3 is 11.9 Å². The number of guanidine groups is 1. The van der Waals surface area contributed by atoms with Crippen LogP contribution in [0, 0.1) is 17.8 Å². The van der Waals surface area contributed by atoms with Gasteiger partial charge in [0.25, 0.3) is 5.91 Å². The number of amides is 7. The van der Waals surface area contributed by atoms with Crippen molar-refractivity contribution in [2.45, 2.75) is 116 Å². The van der Waals surface area contributed by atoms with Crippen molar-refractivity contribution in [2.24, 2.45) is 34.2 Å². The number of rotatable bonds is 13. The topological polar surface area (TPSA) is 343 Å². The summed E-state index contributed by atoms with van der Waals surface area (Å²) in [6, 6.07) is 0.986. The molecule has 1 heterocycles. The largest absolute Gasteiger partial charge is 0.480 e. The van der Waals surface area contributed by atoms with Crippen LogP contribution in [0.4, 0.5) is 0 Å². The summed E-state index contributed by atoms with van der Waals surface area (Å²) in [7, 11) is 2.81. The number of nitrogens with two attached hydrogens (primary N) is 2. The van der Waals surface area contributed by atoms with Crippen molar-refractivity contribution in [3.63, 3.8) is 0 Å². The van der Waals surface area contributed by atoms with Crippen LogP contribution in [0.2, 0.25) is 0 Å². The van der Waals surface area contributed by atoms with Crippen LogP contribution in [0.25, 0.3) is 0 Å². The van der Waals surface area contributed by atoms with Gasteiger partial charge in [-0.2, -0.15) is 0 Å². The average molecular weight is 953 g/mol. The molecule has 68 heavy (non-hydrogen) atoms. The van der Waals surface area contributed by atoms with Gasteiger partial charge in [0.05, 0.1) is 24.0 Å². The highest BCUT2D eigenvalue weighted by atomic mass is 16.5. The Balaban J connectivity index is 2.59. The van der Waals surface area contributed by atoms with E-state index in [4.69, 9.17) is 16.2 Å². The van der Waals surface area contributed by atoms with Crippen molar-refractivity contribution in [1.29, 1.82) is 0 Å². The highest BCUT2D eigenvalue weighted by molar-refractivity contribution is 6.00. The number of likely N-dealkylation sites (N-methyl/N-ethyl adjacent to an activating group) is 1. The molecular formula is C46H68N10O12. The lowest BCUT2D eigenvalue weighted by Gasteiger charge is -2.27. The molecular weight excluding hydrogens is 885 g/mol. The number of nitrogens with zero attached hydrogens (tertiary/aromatic N) is 2. The number of aliphatic carboxylic acids is 2. The molecule has 1 saturated heterocycles. The molecule has 0 aliphatic carbocycles. The van der Waals surface area contributed by atoms with Gasteiger partial charge in [0, 0.05) is 33.0 Å². The van der Waals surface area contributed by atoms with Gasteiger partial charge < -0.3 is 63.2 Å². The maximum absolute atomic E-state index is 13.8. The van der Waals surface area contributed by atoms with E-state index >= 15 is 0 Å². The number of carbonyl (C=O) groups excluding carboxylic acids is 7. The zero-order valence-electron chi connectivity index (χ0n) is 39.9. The van der Waals surface area contributed by atoms with E-state index < -0.39 is 120 Å². The first-order chi connectivity index (χ1) is 31.9. The van der Waals surface area contributed by atoms with E-state index in [1.165, 1.54) is 40.8 Å². The van der Waals surface area contributed by atoms with Crippen molar-refractivity contribution in [2.75, 3.05) is 20.7 Å². The Kier molecular flexibility index (Phi) is 23.1. The van der Waals surface area contributed by atoms with Crippen molar-refractivity contribution in [3.8, 4) is 0 Å². The first kappa shape index (κ1) is 57.0. The summed E-state index contributed by atoms with van der Waals surface area (Å²) in [5.74, 6) is -12.4. The summed E-state index contributed by atoms with van der Waals surface area (Å²) in [6.07, 6.45) is 4.62. The Labute approximate surface area is 396 Å². The van der Waals surface area contributed by atoms with Gasteiger partial charge in [0.15, 0.2) is 5.96 Å². The molecule has 0 saturated carbocycles. The molecule has 0 aromatic heterocycles. The molecule has 0 spiro atoms. The van der Waals surface area contributed by atoms with E-state index in [0.29, 0.717) is 6.42 Å². The summed E-state index contributed by atoms with van der Waals surface area (Å²) in [4.78, 5) is 124. The second kappa shape index (κ2) is 27.5. The number of ether oxygens (including phenoxy) is 1. The third-order valence-corrected chi connectivity index (χ3v) is 11.4. The highest BCUT2D eigenvalue weighted by Gasteiger charge is 2.36. The lowest BCUT2D eigenvalue weighted by atomic mass is 9.94. The van der Waals surface area contributed by atoms with Gasteiger partial charge in [0.1, 0.15) is 35.9 Å². The minimum atomic E-state index is -1.89. The van der Waals surface area contributed by atoms with Gasteiger partial charge in [-0.25, -0.2) is 9.59 Å². The number of carbonyl (C=O) groups is 9. The van der Waals surface area contributed by atoms with Crippen LogP contribution in [0.1, 0.15) is 72.8 Å². The molecule has 1 aliphatic heterocycles. The molecule has 1 fully saturated rings. The normalized spacial score (nSPS) is 25.8. The van der Waals surface area contributed by atoms with Crippen LogP contribution < -0.4 is 43.4 Å². The SMILES string of the molecule is C=C1C(=O)N[C@H](C)C(=O)N[C@@H](CCCN=C(N)N)C(=O)N[C@@H](C(=O)O)[C@H](C)C(=O)N[C@@H](C)C(=O)N[C@@H](/C=C/C(C)=C/[C@H](C)[C@H](Cc2ccccc2)OC)[C@H](C)C(=O)N[C@@H](C(=O)O)CCC(=O)N1C. The summed E-state index contributed by atoms with van der Waals surface area (Å²) in [5, 5.41) is 34.9. The number of aliphatic imine (C=N–C) groups is 1. The lowest BCUT2D eigenvalue weighted by molar-refractivity contribution is -0.146. The van der Waals surface area contributed by atoms with Gasteiger partial charge in [-0.1, -0.05) is 81.5 Å². The first-order valence-electron chi connectivity index (χ1n) is 22.1. The summed E-state index contributed by atoms with van der Waals surface area (Å²) < 4.78 is 5.78. The number of hydrogen-bond acceptors (Lipinski definition) is 11. The first-order valence-corrected chi connectivity index (χ1v) is 22.1. The third kappa shape index (κ3) is 18.3. The van der Waals surface area contributed by atoms with Crippen LogP contribution in [0.5, 0.6) is 0 Å². The molecule has 1 aliphatic rings. The van der Waals surface area contributed by atoms with E-state index in [9.17, 15) is 53.4 Å². The maximum Gasteiger partial charge on any atom is 0.327 e. The van der Waals surface area contributed by atoms with Crippen LogP contribution in [0.15, 0.2) is 71.4 Å². The van der Waals surface area contributed by atoms with Crippen molar-refractivity contribution in [1.82, 2.24) is 36.8 Å². The Morgan fingerprint density at radius 2 is 1.46 bits per heavy atom. The molecule has 0 radical (unpaired) electrons. The van der Waals surface area contributed by atoms with E-state index in [2.05, 4.69) is 43.5 Å². The number of nitrogens with one attached hydrogen (secondary N) is 6. The molecule has 0 bridgehead atoms. The molecule has 374 valence electrons. The number of allylic oxidation sites excluding steroid dienone is 2. The fourth-order valence-corrected chi connectivity index (χ4v) is 6.89. The summed E-state index contributed by atoms with van der Waals surface area (Å²) in [6.45, 7) is 12.6. The van der Waals surface area contributed by atoms with Crippen molar-refractivity contribution < 1.29 is 58.1 Å². The van der Waals surface area contributed by atoms with E-state index in [0.717, 1.165) is 16.0 Å². The molecule has 22 nitrogen and oxygen atoms in total. The van der Waals surface area contributed by atoms with Crippen molar-refractivity contribution in [3.05, 3.63) is 72.0 Å². The second-order valence-corrected chi connectivity index (χ2v) is 16.8. The predicted molar refractivity (Wildman–Crippen MR) is 251 cm³/mol. The van der Waals surface area contributed by atoms with Crippen LogP contribution in [-0.4, -0.2) is 137 Å². The molecule has 1 aromatic carbocycles. The standard InChI is InChI=1S/C46H68N10O12/c1-24(22-25(2)35(68-9)23-31-14-11-10-12-15-31)17-18-32-26(3)38(58)54-34(44(64)65)19-20-36(57)56(8)30(7)42(62)51-29(6)41(61)53-33(16-13-21-49-46(47)48)43(63)55-37(45(66)67)27(4)39(59)50-28(5)40(60)52-32/h10-12,14-15,17-18,22,25-29,32-35,37H,7,13,16,19-21,23H2,1-6,8-9H3,(H,50,59)(H,51,62)(H,52,60)(H,53,61)(H,54,58)(H,55,63)(H,64,65)(H,66,67)(H4,47,48,49)/b18-17+,24-22+/t25-,26-,27-,28-,29+,32-,33-,34+,35-,37+/m0/s1. The van der Waals surface area contributed by atoms with Crippen LogP contribution in [-0.2, 0) is 54.3 Å². The second-order valence-electron chi connectivity index (χ2n) is 16.8. The molecule has 2 rings (SSSR count). The number of hydrogen-bond donors (Lipinski definition) is 10. The molecule has 22 heteroatoms. The Hall–Kier alpha value is -7.10. The average Bonchev–Trinajstić information content (AvgIpc) is 3.28. The highest BCUT2D eigenvalue weighted by Crippen LogP contribution is 2.18. The van der Waals surface area contributed by atoms with Crippen LogP contribution in [0.3, 0.4) is 0 Å². The third-order valence-electron chi connectivity index (χ3n) is 11.4. The van der Waals surface area contributed by atoms with Crippen LogP contribution >= 0.6 is 0 Å². The molecule has 10 atom stereocenters. The number of carboxylic acid groups (broad SMARTS) is 2. The lowest BCUT2D eigenvalue weighted by Crippen LogP contribution is -2.58. The molecule has 7 amide bonds. The smallest absolute Gasteiger partial charge is 0.327 e. The summed E-state index contributed by atoms with van der Waals surface area (Å²) >= 11 is 0. The van der Waals surface area contributed by atoms with Crippen molar-refractivity contribution >= 4 is 59.2 Å². The van der Waals surface area contributed by atoms with E-state index in [1.54, 1.807) is 20.1 Å². The maximum atomic E-state index is 13.8. The van der Waals surface area contributed by atoms with Gasteiger partial charge in [-0.15, -0.1) is 0 Å². The Morgan fingerprint density at radius 3 is 2.04 bits per heavy atom. The number of methoxy groups -OCH3 is 1. The Bertz CT molecular complexity index is 2090. The minimum Gasteiger partial charge on any atom is -0.480 e.